The standard InChI is InChI=1S/C18H22ClN5O2/c1-9-6-21-12(10(2)14(9)26-5)8-24-7-11(18(3,4)25)13-15(19)22-17(20)23-16(13)24/h6-7,25H,8H2,1-5H3,(H2,20,22,23). The molecule has 0 fully saturated rings. The second-order valence-electron chi connectivity index (χ2n) is 6.85. The summed E-state index contributed by atoms with van der Waals surface area (Å²) in [5, 5.41) is 11.3. The van der Waals surface area contributed by atoms with Gasteiger partial charge in [-0.15, -0.1) is 0 Å². The van der Waals surface area contributed by atoms with E-state index >= 15 is 0 Å². The Morgan fingerprint density at radius 1 is 1.31 bits per heavy atom. The number of nitrogens with zero attached hydrogens (tertiary/aromatic N) is 4. The summed E-state index contributed by atoms with van der Waals surface area (Å²) in [5.74, 6) is 0.886. The van der Waals surface area contributed by atoms with E-state index in [1.165, 1.54) is 0 Å². The number of fused-ring (bicyclic) bond motifs is 1. The van der Waals surface area contributed by atoms with Crippen molar-refractivity contribution in [2.45, 2.75) is 39.8 Å². The van der Waals surface area contributed by atoms with Crippen molar-refractivity contribution < 1.29 is 9.84 Å². The molecule has 0 radical (unpaired) electrons. The van der Waals surface area contributed by atoms with Gasteiger partial charge in [0.2, 0.25) is 5.95 Å². The summed E-state index contributed by atoms with van der Waals surface area (Å²) >= 11 is 6.30. The van der Waals surface area contributed by atoms with Crippen LogP contribution in [0.3, 0.4) is 0 Å². The van der Waals surface area contributed by atoms with Crippen molar-refractivity contribution >= 4 is 28.6 Å². The van der Waals surface area contributed by atoms with Crippen LogP contribution in [0.15, 0.2) is 12.4 Å². The van der Waals surface area contributed by atoms with Crippen LogP contribution >= 0.6 is 11.6 Å². The maximum absolute atomic E-state index is 10.5. The zero-order chi connectivity index (χ0) is 19.2. The van der Waals surface area contributed by atoms with Gasteiger partial charge in [0.05, 0.1) is 30.3 Å². The topological polar surface area (TPSA) is 99.1 Å². The van der Waals surface area contributed by atoms with E-state index in [1.807, 2.05) is 24.6 Å². The van der Waals surface area contributed by atoms with Crippen LogP contribution in [-0.2, 0) is 12.1 Å². The molecule has 3 rings (SSSR count). The normalized spacial score (nSPS) is 12.0. The van der Waals surface area contributed by atoms with Gasteiger partial charge in [-0.25, -0.2) is 4.98 Å². The lowest BCUT2D eigenvalue weighted by atomic mass is 9.99. The van der Waals surface area contributed by atoms with E-state index in [4.69, 9.17) is 22.1 Å². The number of halogens is 1. The van der Waals surface area contributed by atoms with Gasteiger partial charge < -0.3 is 20.1 Å². The van der Waals surface area contributed by atoms with Gasteiger partial charge in [0.1, 0.15) is 16.5 Å². The van der Waals surface area contributed by atoms with Crippen LogP contribution in [0.1, 0.15) is 36.2 Å². The Bertz CT molecular complexity index is 992. The highest BCUT2D eigenvalue weighted by Crippen LogP contribution is 2.34. The van der Waals surface area contributed by atoms with Crippen LogP contribution in [0.5, 0.6) is 5.75 Å². The first-order valence-corrected chi connectivity index (χ1v) is 8.55. The molecule has 0 unspecified atom stereocenters. The molecule has 0 saturated carbocycles. The van der Waals surface area contributed by atoms with E-state index in [0.717, 1.165) is 22.6 Å². The van der Waals surface area contributed by atoms with Crippen LogP contribution in [0.4, 0.5) is 5.95 Å². The quantitative estimate of drug-likeness (QED) is 0.680. The second-order valence-corrected chi connectivity index (χ2v) is 7.21. The van der Waals surface area contributed by atoms with Crippen LogP contribution in [0, 0.1) is 13.8 Å². The average molecular weight is 376 g/mol. The summed E-state index contributed by atoms with van der Waals surface area (Å²) in [6.07, 6.45) is 3.60. The number of rotatable bonds is 4. The number of anilines is 1. The first-order valence-electron chi connectivity index (χ1n) is 8.17. The number of aromatic nitrogens is 4. The Hall–Kier alpha value is -2.38. The molecule has 7 nitrogen and oxygen atoms in total. The predicted octanol–water partition coefficient (Wildman–Crippen LogP) is 2.96. The summed E-state index contributed by atoms with van der Waals surface area (Å²) in [6, 6.07) is 0. The number of hydrogen-bond donors (Lipinski definition) is 2. The molecule has 0 aromatic carbocycles. The van der Waals surface area contributed by atoms with Gasteiger partial charge in [0.25, 0.3) is 0 Å². The Kier molecular flexibility index (Phi) is 4.54. The molecule has 3 N–H and O–H groups in total. The van der Waals surface area contributed by atoms with Crippen molar-refractivity contribution in [3.8, 4) is 5.75 Å². The highest BCUT2D eigenvalue weighted by atomic mass is 35.5. The molecular formula is C18H22ClN5O2. The number of hydrogen-bond acceptors (Lipinski definition) is 6. The number of nitrogens with two attached hydrogens (primary N) is 1. The minimum absolute atomic E-state index is 0.0790. The molecule has 3 aromatic heterocycles. The van der Waals surface area contributed by atoms with E-state index < -0.39 is 5.60 Å². The molecular weight excluding hydrogens is 354 g/mol. The molecule has 3 heterocycles. The van der Waals surface area contributed by atoms with Crippen LogP contribution in [0.2, 0.25) is 5.15 Å². The van der Waals surface area contributed by atoms with Crippen molar-refractivity contribution in [1.82, 2.24) is 19.5 Å². The molecule has 0 atom stereocenters. The monoisotopic (exact) mass is 375 g/mol. The van der Waals surface area contributed by atoms with Gasteiger partial charge in [-0.2, -0.15) is 4.98 Å². The highest BCUT2D eigenvalue weighted by molar-refractivity contribution is 6.34. The molecule has 138 valence electrons. The molecule has 3 aromatic rings. The first-order chi connectivity index (χ1) is 12.1. The van der Waals surface area contributed by atoms with Crippen molar-refractivity contribution in [3.63, 3.8) is 0 Å². The number of aliphatic hydroxyl groups is 1. The largest absolute Gasteiger partial charge is 0.496 e. The summed E-state index contributed by atoms with van der Waals surface area (Å²) in [4.78, 5) is 12.9. The Morgan fingerprint density at radius 2 is 2.00 bits per heavy atom. The minimum atomic E-state index is -1.11. The van der Waals surface area contributed by atoms with Gasteiger partial charge in [0, 0.05) is 29.1 Å². The Labute approximate surface area is 156 Å². The lowest BCUT2D eigenvalue weighted by Gasteiger charge is -2.16. The molecule has 0 aliphatic rings. The fourth-order valence-corrected chi connectivity index (χ4v) is 3.41. The van der Waals surface area contributed by atoms with Gasteiger partial charge in [0.15, 0.2) is 0 Å². The third kappa shape index (κ3) is 3.08. The summed E-state index contributed by atoms with van der Waals surface area (Å²) in [7, 11) is 1.64. The average Bonchev–Trinajstić information content (AvgIpc) is 2.90. The van der Waals surface area contributed by atoms with E-state index in [0.29, 0.717) is 23.1 Å². The smallest absolute Gasteiger partial charge is 0.223 e. The van der Waals surface area contributed by atoms with Gasteiger partial charge in [-0.3, -0.25) is 4.98 Å². The van der Waals surface area contributed by atoms with E-state index in [-0.39, 0.29) is 11.1 Å². The van der Waals surface area contributed by atoms with Gasteiger partial charge in [-0.05, 0) is 27.7 Å². The number of ether oxygens (including phenoxy) is 1. The van der Waals surface area contributed by atoms with E-state index in [9.17, 15) is 5.11 Å². The zero-order valence-electron chi connectivity index (χ0n) is 15.5. The molecule has 0 aliphatic carbocycles. The van der Waals surface area contributed by atoms with E-state index in [1.54, 1.807) is 27.2 Å². The minimum Gasteiger partial charge on any atom is -0.496 e. The molecule has 0 amide bonds. The van der Waals surface area contributed by atoms with Crippen molar-refractivity contribution in [2.24, 2.45) is 0 Å². The van der Waals surface area contributed by atoms with Crippen LogP contribution in [0.25, 0.3) is 11.0 Å². The molecule has 0 spiro atoms. The van der Waals surface area contributed by atoms with Gasteiger partial charge in [-0.1, -0.05) is 11.6 Å². The summed E-state index contributed by atoms with van der Waals surface area (Å²) < 4.78 is 7.35. The van der Waals surface area contributed by atoms with Crippen molar-refractivity contribution in [1.29, 1.82) is 0 Å². The van der Waals surface area contributed by atoms with E-state index in [2.05, 4.69) is 15.0 Å². The predicted molar refractivity (Wildman–Crippen MR) is 102 cm³/mol. The molecule has 0 saturated heterocycles. The van der Waals surface area contributed by atoms with Crippen LogP contribution < -0.4 is 10.5 Å². The molecule has 0 bridgehead atoms. The Morgan fingerprint density at radius 3 is 2.62 bits per heavy atom. The maximum atomic E-state index is 10.5. The SMILES string of the molecule is COc1c(C)cnc(Cn2cc(C(C)(C)O)c3c(Cl)nc(N)nc32)c1C. The van der Waals surface area contributed by atoms with Crippen LogP contribution in [-0.4, -0.2) is 31.7 Å². The van der Waals surface area contributed by atoms with Gasteiger partial charge >= 0.3 is 0 Å². The zero-order valence-corrected chi connectivity index (χ0v) is 16.2. The maximum Gasteiger partial charge on any atom is 0.223 e. The number of nitrogen functional groups attached to an aromatic ring is 1. The number of aryl methyl sites for hydroxylation is 1. The lowest BCUT2D eigenvalue weighted by Crippen LogP contribution is -2.15. The summed E-state index contributed by atoms with van der Waals surface area (Å²) in [6.45, 7) is 7.73. The number of pyridine rings is 1. The number of methoxy groups -OCH3 is 1. The second kappa shape index (κ2) is 6.41. The van der Waals surface area contributed by atoms with Crippen molar-refractivity contribution in [2.75, 3.05) is 12.8 Å². The highest BCUT2D eigenvalue weighted by Gasteiger charge is 2.26. The first kappa shape index (κ1) is 18.4. The third-order valence-corrected chi connectivity index (χ3v) is 4.69. The summed E-state index contributed by atoms with van der Waals surface area (Å²) in [5.41, 5.74) is 8.62. The molecule has 0 aliphatic heterocycles. The molecule has 8 heteroatoms. The lowest BCUT2D eigenvalue weighted by molar-refractivity contribution is 0.0800. The van der Waals surface area contributed by atoms with Crippen molar-refractivity contribution in [3.05, 3.63) is 39.9 Å². The fourth-order valence-electron chi connectivity index (χ4n) is 3.14. The third-order valence-electron chi connectivity index (χ3n) is 4.42. The molecule has 26 heavy (non-hydrogen) atoms. The Balaban J connectivity index is 2.21. The fraction of sp³-hybridized carbons (Fsp3) is 0.389.